The first-order valence-electron chi connectivity index (χ1n) is 6.51. The van der Waals surface area contributed by atoms with Crippen LogP contribution in [0, 0.1) is 0 Å². The summed E-state index contributed by atoms with van der Waals surface area (Å²) in [5, 5.41) is 3.15. The van der Waals surface area contributed by atoms with Gasteiger partial charge in [-0.15, -0.1) is 0 Å². The fourth-order valence-electron chi connectivity index (χ4n) is 2.11. The molecule has 0 saturated heterocycles. The van der Waals surface area contributed by atoms with Gasteiger partial charge in [0, 0.05) is 15.5 Å². The lowest BCUT2D eigenvalue weighted by Gasteiger charge is -2.11. The summed E-state index contributed by atoms with van der Waals surface area (Å²) < 4.78 is 43.9. The summed E-state index contributed by atoms with van der Waals surface area (Å²) in [6.45, 7) is 0. The number of nitrogens with one attached hydrogen (secondary N) is 1. The van der Waals surface area contributed by atoms with Crippen molar-refractivity contribution >= 4 is 38.5 Å². The van der Waals surface area contributed by atoms with Gasteiger partial charge in [-0.3, -0.25) is 4.79 Å². The maximum atomic E-state index is 12.9. The highest BCUT2D eigenvalue weighted by Crippen LogP contribution is 2.36. The van der Waals surface area contributed by atoms with Crippen molar-refractivity contribution in [1.29, 1.82) is 0 Å². The Balaban J connectivity index is 1.88. The third kappa shape index (κ3) is 3.24. The predicted molar refractivity (Wildman–Crippen MR) is 83.3 cm³/mol. The van der Waals surface area contributed by atoms with Gasteiger partial charge in [0.25, 0.3) is 5.91 Å². The Morgan fingerprint density at radius 2 is 1.83 bits per heavy atom. The Hall–Kier alpha value is -2.28. The number of hydrogen-bond donors (Lipinski definition) is 1. The van der Waals surface area contributed by atoms with E-state index in [4.69, 9.17) is 4.42 Å². The number of furan rings is 1. The van der Waals surface area contributed by atoms with Crippen LogP contribution in [0.25, 0.3) is 11.0 Å². The highest BCUT2D eigenvalue weighted by molar-refractivity contribution is 9.10. The second-order valence-corrected chi connectivity index (χ2v) is 5.65. The van der Waals surface area contributed by atoms with Gasteiger partial charge in [0.15, 0.2) is 5.76 Å². The molecule has 1 heterocycles. The van der Waals surface area contributed by atoms with Crippen LogP contribution in [0.5, 0.6) is 0 Å². The molecule has 1 aromatic heterocycles. The van der Waals surface area contributed by atoms with Gasteiger partial charge in [0.05, 0.1) is 5.56 Å². The van der Waals surface area contributed by atoms with E-state index in [1.807, 2.05) is 0 Å². The van der Waals surface area contributed by atoms with Crippen molar-refractivity contribution in [3.05, 3.63) is 64.3 Å². The molecule has 118 valence electrons. The maximum absolute atomic E-state index is 12.9. The highest BCUT2D eigenvalue weighted by Gasteiger charge is 2.33. The summed E-state index contributed by atoms with van der Waals surface area (Å²) in [6, 6.07) is 12.0. The van der Waals surface area contributed by atoms with E-state index in [-0.39, 0.29) is 15.9 Å². The molecule has 0 radical (unpaired) electrons. The Labute approximate surface area is 137 Å². The second kappa shape index (κ2) is 5.73. The average Bonchev–Trinajstić information content (AvgIpc) is 2.92. The van der Waals surface area contributed by atoms with E-state index in [9.17, 15) is 18.0 Å². The summed E-state index contributed by atoms with van der Waals surface area (Å²) in [5.74, 6) is -0.584. The number of rotatable bonds is 2. The fourth-order valence-corrected chi connectivity index (χ4v) is 2.58. The van der Waals surface area contributed by atoms with E-state index in [1.165, 1.54) is 18.2 Å². The lowest BCUT2D eigenvalue weighted by Crippen LogP contribution is -2.12. The molecule has 3 rings (SSSR count). The largest absolute Gasteiger partial charge is 0.451 e. The molecule has 23 heavy (non-hydrogen) atoms. The number of anilines is 1. The van der Waals surface area contributed by atoms with Gasteiger partial charge in [0.2, 0.25) is 0 Å². The number of carbonyl (C=O) groups is 1. The summed E-state index contributed by atoms with van der Waals surface area (Å²) >= 11 is 2.85. The summed E-state index contributed by atoms with van der Waals surface area (Å²) in [4.78, 5) is 12.1. The molecule has 0 atom stereocenters. The molecular formula is C16H9BrF3NO2. The first kappa shape index (κ1) is 15.6. The lowest BCUT2D eigenvalue weighted by atomic mass is 10.2. The molecule has 0 saturated carbocycles. The van der Waals surface area contributed by atoms with Crippen LogP contribution in [0.4, 0.5) is 18.9 Å². The zero-order valence-corrected chi connectivity index (χ0v) is 13.0. The summed E-state index contributed by atoms with van der Waals surface area (Å²) in [5.41, 5.74) is -0.296. The minimum Gasteiger partial charge on any atom is -0.451 e. The van der Waals surface area contributed by atoms with Crippen LogP contribution in [-0.2, 0) is 6.18 Å². The van der Waals surface area contributed by atoms with Crippen molar-refractivity contribution in [3.63, 3.8) is 0 Å². The Kier molecular flexibility index (Phi) is 3.89. The van der Waals surface area contributed by atoms with E-state index < -0.39 is 17.6 Å². The molecule has 3 aromatic rings. The van der Waals surface area contributed by atoms with Gasteiger partial charge in [-0.1, -0.05) is 34.1 Å². The average molecular weight is 384 g/mol. The number of halogens is 4. The molecule has 0 aliphatic carbocycles. The van der Waals surface area contributed by atoms with E-state index in [0.717, 1.165) is 11.5 Å². The molecule has 0 fully saturated rings. The summed E-state index contributed by atoms with van der Waals surface area (Å²) in [6.07, 6.45) is -4.51. The molecule has 1 amide bonds. The molecule has 3 nitrogen and oxygen atoms in total. The van der Waals surface area contributed by atoms with Crippen LogP contribution in [-0.4, -0.2) is 5.91 Å². The zero-order chi connectivity index (χ0) is 16.6. The lowest BCUT2D eigenvalue weighted by molar-refractivity contribution is -0.138. The smallest absolute Gasteiger partial charge is 0.417 e. The van der Waals surface area contributed by atoms with Crippen LogP contribution in [0.3, 0.4) is 0 Å². The van der Waals surface area contributed by atoms with Gasteiger partial charge in [-0.05, 0) is 30.3 Å². The highest BCUT2D eigenvalue weighted by atomic mass is 79.9. The van der Waals surface area contributed by atoms with Crippen LogP contribution < -0.4 is 5.32 Å². The fraction of sp³-hybridized carbons (Fsp3) is 0.0625. The molecule has 0 unspecified atom stereocenters. The summed E-state index contributed by atoms with van der Waals surface area (Å²) in [7, 11) is 0. The standard InChI is InChI=1S/C16H9BrF3NO2/c17-12-6-5-10(8-11(12)16(18,19)20)21-15(22)14-7-9-3-1-2-4-13(9)23-14/h1-8H,(H,21,22). The van der Waals surface area contributed by atoms with Crippen molar-refractivity contribution in [1.82, 2.24) is 0 Å². The second-order valence-electron chi connectivity index (χ2n) is 4.79. The van der Waals surface area contributed by atoms with E-state index >= 15 is 0 Å². The molecular weight excluding hydrogens is 375 g/mol. The van der Waals surface area contributed by atoms with Gasteiger partial charge >= 0.3 is 6.18 Å². The Bertz CT molecular complexity index is 853. The molecule has 1 N–H and O–H groups in total. The van der Waals surface area contributed by atoms with E-state index in [1.54, 1.807) is 24.3 Å². The number of fused-ring (bicyclic) bond motifs is 1. The van der Waals surface area contributed by atoms with Gasteiger partial charge in [0.1, 0.15) is 5.58 Å². The molecule has 0 spiro atoms. The number of alkyl halides is 3. The van der Waals surface area contributed by atoms with Crippen molar-refractivity contribution in [3.8, 4) is 0 Å². The number of benzene rings is 2. The van der Waals surface area contributed by atoms with E-state index in [2.05, 4.69) is 21.2 Å². The van der Waals surface area contributed by atoms with Crippen molar-refractivity contribution in [2.45, 2.75) is 6.18 Å². The number of hydrogen-bond acceptors (Lipinski definition) is 2. The maximum Gasteiger partial charge on any atom is 0.417 e. The third-order valence-corrected chi connectivity index (χ3v) is 3.87. The molecule has 0 aliphatic heterocycles. The number of carbonyl (C=O) groups excluding carboxylic acids is 1. The quantitative estimate of drug-likeness (QED) is 0.637. The van der Waals surface area contributed by atoms with Crippen LogP contribution in [0.15, 0.2) is 57.4 Å². The third-order valence-electron chi connectivity index (χ3n) is 3.18. The van der Waals surface area contributed by atoms with E-state index in [0.29, 0.717) is 5.58 Å². The number of amides is 1. The zero-order valence-electron chi connectivity index (χ0n) is 11.4. The molecule has 7 heteroatoms. The van der Waals surface area contributed by atoms with Gasteiger partial charge in [-0.25, -0.2) is 0 Å². The molecule has 2 aromatic carbocycles. The van der Waals surface area contributed by atoms with Crippen LogP contribution in [0.2, 0.25) is 0 Å². The molecule has 0 bridgehead atoms. The molecule has 0 aliphatic rings. The first-order chi connectivity index (χ1) is 10.8. The monoisotopic (exact) mass is 383 g/mol. The van der Waals surface area contributed by atoms with Crippen LogP contribution >= 0.6 is 15.9 Å². The van der Waals surface area contributed by atoms with Crippen LogP contribution in [0.1, 0.15) is 16.1 Å². The normalized spacial score (nSPS) is 11.7. The number of para-hydroxylation sites is 1. The van der Waals surface area contributed by atoms with Crippen molar-refractivity contribution in [2.24, 2.45) is 0 Å². The Morgan fingerprint density at radius 1 is 1.09 bits per heavy atom. The minimum absolute atomic E-state index is 0.0303. The van der Waals surface area contributed by atoms with Gasteiger partial charge in [-0.2, -0.15) is 13.2 Å². The van der Waals surface area contributed by atoms with Crippen molar-refractivity contribution in [2.75, 3.05) is 5.32 Å². The minimum atomic E-state index is -4.51. The first-order valence-corrected chi connectivity index (χ1v) is 7.30. The predicted octanol–water partition coefficient (Wildman–Crippen LogP) is 5.47. The van der Waals surface area contributed by atoms with Gasteiger partial charge < -0.3 is 9.73 Å². The topological polar surface area (TPSA) is 42.2 Å². The Morgan fingerprint density at radius 3 is 2.52 bits per heavy atom. The van der Waals surface area contributed by atoms with Crippen molar-refractivity contribution < 1.29 is 22.4 Å². The SMILES string of the molecule is O=C(Nc1ccc(Br)c(C(F)(F)F)c1)c1cc2ccccc2o1.